The summed E-state index contributed by atoms with van der Waals surface area (Å²) in [5.74, 6) is -0.109. The first-order valence-electron chi connectivity index (χ1n) is 11.9. The number of hydrogen-bond acceptors (Lipinski definition) is 6. The highest BCUT2D eigenvalue weighted by atomic mass is 19.1. The lowest BCUT2D eigenvalue weighted by atomic mass is 10.1. The lowest BCUT2D eigenvalue weighted by molar-refractivity contribution is -0.121. The van der Waals surface area contributed by atoms with Gasteiger partial charge >= 0.3 is 0 Å². The number of nitrogens with zero attached hydrogens (tertiary/aromatic N) is 1. The number of anilines is 1. The maximum atomic E-state index is 13.1. The Morgan fingerprint density at radius 2 is 1.76 bits per heavy atom. The zero-order chi connectivity index (χ0) is 26.5. The van der Waals surface area contributed by atoms with Gasteiger partial charge in [0.2, 0.25) is 0 Å². The fourth-order valence-corrected chi connectivity index (χ4v) is 3.92. The largest absolute Gasteiger partial charge is 0.485 e. The van der Waals surface area contributed by atoms with Gasteiger partial charge in [0.15, 0.2) is 24.8 Å². The number of fused-ring (bicyclic) bond motifs is 1. The Balaban J connectivity index is 1.26. The Hall–Kier alpha value is -4.92. The second kappa shape index (κ2) is 11.0. The normalized spacial score (nSPS) is 12.4. The molecule has 4 aromatic rings. The minimum atomic E-state index is -0.403. The lowest BCUT2D eigenvalue weighted by Crippen LogP contribution is -2.38. The van der Waals surface area contributed by atoms with E-state index in [-0.39, 0.29) is 43.1 Å². The Kier molecular flexibility index (Phi) is 7.17. The molecule has 0 radical (unpaired) electrons. The van der Waals surface area contributed by atoms with Gasteiger partial charge in [0.1, 0.15) is 23.1 Å². The highest BCUT2D eigenvalue weighted by Gasteiger charge is 2.28. The summed E-state index contributed by atoms with van der Waals surface area (Å²) in [6, 6.07) is 22.8. The van der Waals surface area contributed by atoms with E-state index in [4.69, 9.17) is 13.9 Å². The molecular formula is C29H23FN2O6. The number of rotatable bonds is 9. The number of Topliss-reactive ketones (excluding diaryl/α,β-unsaturated/α-hetero) is 1. The number of carbonyl (C=O) groups excluding carboxylic acids is 3. The van der Waals surface area contributed by atoms with Crippen LogP contribution in [0.2, 0.25) is 0 Å². The van der Waals surface area contributed by atoms with Crippen LogP contribution in [0, 0.1) is 5.82 Å². The maximum Gasteiger partial charge on any atom is 0.287 e. The molecule has 0 aliphatic carbocycles. The molecule has 0 saturated carbocycles. The smallest absolute Gasteiger partial charge is 0.287 e. The van der Waals surface area contributed by atoms with Crippen LogP contribution < -0.4 is 19.7 Å². The Labute approximate surface area is 217 Å². The average Bonchev–Trinajstić information content (AvgIpc) is 3.42. The van der Waals surface area contributed by atoms with E-state index < -0.39 is 5.82 Å². The zero-order valence-electron chi connectivity index (χ0n) is 20.2. The molecule has 0 unspecified atom stereocenters. The van der Waals surface area contributed by atoms with E-state index >= 15 is 0 Å². The zero-order valence-corrected chi connectivity index (χ0v) is 20.2. The van der Waals surface area contributed by atoms with E-state index in [0.717, 1.165) is 5.56 Å². The molecule has 0 bridgehead atoms. The van der Waals surface area contributed by atoms with E-state index in [1.165, 1.54) is 29.2 Å². The summed E-state index contributed by atoms with van der Waals surface area (Å²) in [7, 11) is 0. The number of ketones is 1. The van der Waals surface area contributed by atoms with Gasteiger partial charge in [-0.3, -0.25) is 19.3 Å². The predicted octanol–water partition coefficient (Wildman–Crippen LogP) is 4.54. The van der Waals surface area contributed by atoms with Crippen molar-refractivity contribution in [3.8, 4) is 11.5 Å². The van der Waals surface area contributed by atoms with Gasteiger partial charge < -0.3 is 19.2 Å². The Bertz CT molecular complexity index is 1470. The van der Waals surface area contributed by atoms with Crippen molar-refractivity contribution in [1.29, 1.82) is 0 Å². The minimum absolute atomic E-state index is 0.0465. The molecule has 1 aliphatic heterocycles. The van der Waals surface area contributed by atoms with Crippen molar-refractivity contribution >= 4 is 23.3 Å². The molecule has 8 nitrogen and oxygen atoms in total. The number of halogens is 1. The fraction of sp³-hybridized carbons (Fsp3) is 0.138. The standard InChI is InChI=1S/C29H23FN2O6/c30-21-7-9-22(10-8-21)36-17-25(33)20-6-12-26-24(14-20)32(28(34)18-37-26)16-23-11-13-27(38-23)29(35)31-15-19-4-2-1-3-5-19/h1-14H,15-18H2,(H,31,35). The van der Waals surface area contributed by atoms with Crippen molar-refractivity contribution < 1.29 is 32.7 Å². The lowest BCUT2D eigenvalue weighted by Gasteiger charge is -2.29. The van der Waals surface area contributed by atoms with E-state index in [9.17, 15) is 18.8 Å². The summed E-state index contributed by atoms with van der Waals surface area (Å²) in [5.41, 5.74) is 1.67. The molecule has 1 aromatic heterocycles. The van der Waals surface area contributed by atoms with Gasteiger partial charge in [0.25, 0.3) is 11.8 Å². The summed E-state index contributed by atoms with van der Waals surface area (Å²) < 4.78 is 29.8. The van der Waals surface area contributed by atoms with Gasteiger partial charge in [0, 0.05) is 12.1 Å². The van der Waals surface area contributed by atoms with E-state index in [1.54, 1.807) is 30.3 Å². The number of furan rings is 1. The first kappa shape index (κ1) is 24.8. The highest BCUT2D eigenvalue weighted by Crippen LogP contribution is 2.34. The van der Waals surface area contributed by atoms with Gasteiger partial charge in [-0.25, -0.2) is 4.39 Å². The summed E-state index contributed by atoms with van der Waals surface area (Å²) in [5, 5.41) is 2.80. The Morgan fingerprint density at radius 1 is 0.974 bits per heavy atom. The van der Waals surface area contributed by atoms with Crippen molar-refractivity contribution in [1.82, 2.24) is 5.32 Å². The third-order valence-corrected chi connectivity index (χ3v) is 5.90. The number of hydrogen-bond donors (Lipinski definition) is 1. The Morgan fingerprint density at radius 3 is 2.55 bits per heavy atom. The summed E-state index contributed by atoms with van der Waals surface area (Å²) >= 11 is 0. The van der Waals surface area contributed by atoms with Crippen LogP contribution in [-0.2, 0) is 17.9 Å². The second-order valence-electron chi connectivity index (χ2n) is 8.55. The molecule has 1 aliphatic rings. The third kappa shape index (κ3) is 5.73. The predicted molar refractivity (Wildman–Crippen MR) is 136 cm³/mol. The SMILES string of the molecule is O=C(COc1ccc(F)cc1)c1ccc2c(c1)N(Cc1ccc(C(=O)NCc3ccccc3)o1)C(=O)CO2. The van der Waals surface area contributed by atoms with Crippen LogP contribution in [0.15, 0.2) is 89.3 Å². The van der Waals surface area contributed by atoms with Crippen LogP contribution in [0.1, 0.15) is 32.2 Å². The van der Waals surface area contributed by atoms with Crippen molar-refractivity contribution in [2.45, 2.75) is 13.1 Å². The van der Waals surface area contributed by atoms with Crippen LogP contribution >= 0.6 is 0 Å². The van der Waals surface area contributed by atoms with Crippen LogP contribution in [0.4, 0.5) is 10.1 Å². The molecule has 192 valence electrons. The molecule has 2 heterocycles. The van der Waals surface area contributed by atoms with Crippen LogP contribution in [-0.4, -0.2) is 30.8 Å². The molecule has 1 N–H and O–H groups in total. The quantitative estimate of drug-likeness (QED) is 0.330. The van der Waals surface area contributed by atoms with Crippen LogP contribution in [0.5, 0.6) is 11.5 Å². The summed E-state index contributed by atoms with van der Waals surface area (Å²) in [6.45, 7) is -0.0322. The van der Waals surface area contributed by atoms with Crippen molar-refractivity contribution in [2.75, 3.05) is 18.1 Å². The topological polar surface area (TPSA) is 98.1 Å². The third-order valence-electron chi connectivity index (χ3n) is 5.90. The molecule has 0 spiro atoms. The van der Waals surface area contributed by atoms with Crippen molar-refractivity contribution in [3.63, 3.8) is 0 Å². The number of amides is 2. The molecule has 2 amide bonds. The summed E-state index contributed by atoms with van der Waals surface area (Å²) in [6.07, 6.45) is 0. The monoisotopic (exact) mass is 514 g/mol. The van der Waals surface area contributed by atoms with Crippen molar-refractivity contribution in [3.05, 3.63) is 113 Å². The molecule has 38 heavy (non-hydrogen) atoms. The van der Waals surface area contributed by atoms with Crippen molar-refractivity contribution in [2.24, 2.45) is 0 Å². The number of nitrogens with one attached hydrogen (secondary N) is 1. The van der Waals surface area contributed by atoms with E-state index in [0.29, 0.717) is 35.1 Å². The second-order valence-corrected chi connectivity index (χ2v) is 8.55. The minimum Gasteiger partial charge on any atom is -0.485 e. The van der Waals surface area contributed by atoms with E-state index in [2.05, 4.69) is 5.32 Å². The number of carbonyl (C=O) groups is 3. The number of benzene rings is 3. The van der Waals surface area contributed by atoms with Gasteiger partial charge in [-0.1, -0.05) is 30.3 Å². The number of ether oxygens (including phenoxy) is 2. The van der Waals surface area contributed by atoms with Crippen LogP contribution in [0.25, 0.3) is 0 Å². The van der Waals surface area contributed by atoms with Gasteiger partial charge in [-0.15, -0.1) is 0 Å². The molecule has 3 aromatic carbocycles. The molecule has 0 saturated heterocycles. The summed E-state index contributed by atoms with van der Waals surface area (Å²) in [4.78, 5) is 39.4. The van der Waals surface area contributed by atoms with Gasteiger partial charge in [0.05, 0.1) is 12.2 Å². The molecule has 0 atom stereocenters. The molecule has 5 rings (SSSR count). The first-order valence-corrected chi connectivity index (χ1v) is 11.9. The average molecular weight is 515 g/mol. The molecule has 9 heteroatoms. The van der Waals surface area contributed by atoms with Crippen LogP contribution in [0.3, 0.4) is 0 Å². The maximum absolute atomic E-state index is 13.1. The first-order chi connectivity index (χ1) is 18.5. The fourth-order valence-electron chi connectivity index (χ4n) is 3.92. The highest BCUT2D eigenvalue weighted by molar-refractivity contribution is 6.02. The molecule has 0 fully saturated rings. The van der Waals surface area contributed by atoms with E-state index in [1.807, 2.05) is 30.3 Å². The van der Waals surface area contributed by atoms with Gasteiger partial charge in [-0.05, 0) is 60.2 Å². The van der Waals surface area contributed by atoms with Gasteiger partial charge in [-0.2, -0.15) is 0 Å². The molecular weight excluding hydrogens is 491 g/mol.